The van der Waals surface area contributed by atoms with Gasteiger partial charge in [0.2, 0.25) is 5.91 Å². The molecule has 0 spiro atoms. The lowest BCUT2D eigenvalue weighted by molar-refractivity contribution is -0.121. The van der Waals surface area contributed by atoms with Gasteiger partial charge in [0.15, 0.2) is 0 Å². The van der Waals surface area contributed by atoms with E-state index in [1.807, 2.05) is 0 Å². The van der Waals surface area contributed by atoms with Crippen molar-refractivity contribution in [2.24, 2.45) is 0 Å². The standard InChI is InChI=1S/C13H19NO4/c1-4-13(16)14-8-12(15)9-5-10(17-2)7-11(6-9)18-3/h5-7,12,15H,4,8H2,1-3H3,(H,14,16). The van der Waals surface area contributed by atoms with Gasteiger partial charge in [-0.15, -0.1) is 0 Å². The Labute approximate surface area is 107 Å². The Morgan fingerprint density at radius 2 is 1.83 bits per heavy atom. The third kappa shape index (κ3) is 3.92. The van der Waals surface area contributed by atoms with Crippen LogP contribution in [0.5, 0.6) is 11.5 Å². The first-order valence-corrected chi connectivity index (χ1v) is 5.78. The van der Waals surface area contributed by atoms with E-state index in [1.54, 1.807) is 39.3 Å². The molecule has 1 atom stereocenters. The van der Waals surface area contributed by atoms with Gasteiger partial charge in [0.1, 0.15) is 11.5 Å². The molecule has 5 heteroatoms. The van der Waals surface area contributed by atoms with Gasteiger partial charge in [-0.05, 0) is 17.7 Å². The fraction of sp³-hybridized carbons (Fsp3) is 0.462. The van der Waals surface area contributed by atoms with Crippen molar-refractivity contribution < 1.29 is 19.4 Å². The summed E-state index contributed by atoms with van der Waals surface area (Å²) >= 11 is 0. The number of hydrogen-bond donors (Lipinski definition) is 2. The zero-order chi connectivity index (χ0) is 13.5. The maximum atomic E-state index is 11.1. The van der Waals surface area contributed by atoms with Gasteiger partial charge >= 0.3 is 0 Å². The minimum atomic E-state index is -0.788. The van der Waals surface area contributed by atoms with Crippen molar-refractivity contribution >= 4 is 5.91 Å². The largest absolute Gasteiger partial charge is 0.497 e. The Balaban J connectivity index is 2.77. The van der Waals surface area contributed by atoms with Gasteiger partial charge in [-0.2, -0.15) is 0 Å². The van der Waals surface area contributed by atoms with Crippen molar-refractivity contribution in [2.45, 2.75) is 19.4 Å². The maximum absolute atomic E-state index is 11.1. The normalized spacial score (nSPS) is 11.8. The molecule has 0 aliphatic heterocycles. The van der Waals surface area contributed by atoms with Crippen molar-refractivity contribution in [3.63, 3.8) is 0 Å². The summed E-state index contributed by atoms with van der Waals surface area (Å²) in [6.45, 7) is 1.93. The molecular weight excluding hydrogens is 234 g/mol. The Morgan fingerprint density at radius 1 is 1.28 bits per heavy atom. The van der Waals surface area contributed by atoms with Crippen molar-refractivity contribution in [3.05, 3.63) is 23.8 Å². The number of carbonyl (C=O) groups is 1. The number of ether oxygens (including phenoxy) is 2. The number of amides is 1. The second-order valence-corrected chi connectivity index (χ2v) is 3.82. The van der Waals surface area contributed by atoms with Crippen molar-refractivity contribution in [2.75, 3.05) is 20.8 Å². The molecule has 1 unspecified atom stereocenters. The van der Waals surface area contributed by atoms with Gasteiger partial charge in [0.25, 0.3) is 0 Å². The van der Waals surface area contributed by atoms with E-state index >= 15 is 0 Å². The van der Waals surface area contributed by atoms with Crippen LogP contribution in [0.15, 0.2) is 18.2 Å². The fourth-order valence-electron chi connectivity index (χ4n) is 1.48. The van der Waals surface area contributed by atoms with Crippen LogP contribution in [0.1, 0.15) is 25.0 Å². The molecule has 5 nitrogen and oxygen atoms in total. The highest BCUT2D eigenvalue weighted by atomic mass is 16.5. The van der Waals surface area contributed by atoms with E-state index in [0.717, 1.165) is 0 Å². The number of hydrogen-bond acceptors (Lipinski definition) is 4. The number of aliphatic hydroxyl groups excluding tert-OH is 1. The lowest BCUT2D eigenvalue weighted by Gasteiger charge is -2.14. The number of aliphatic hydroxyl groups is 1. The van der Waals surface area contributed by atoms with Crippen LogP contribution in [0.2, 0.25) is 0 Å². The molecule has 0 heterocycles. The second kappa shape index (κ2) is 6.86. The topological polar surface area (TPSA) is 67.8 Å². The Hall–Kier alpha value is -1.75. The van der Waals surface area contributed by atoms with Crippen LogP contribution in [0, 0.1) is 0 Å². The quantitative estimate of drug-likeness (QED) is 0.801. The van der Waals surface area contributed by atoms with Crippen LogP contribution >= 0.6 is 0 Å². The van der Waals surface area contributed by atoms with Gasteiger partial charge < -0.3 is 19.9 Å². The number of nitrogens with one attached hydrogen (secondary N) is 1. The maximum Gasteiger partial charge on any atom is 0.219 e. The number of rotatable bonds is 6. The smallest absolute Gasteiger partial charge is 0.219 e. The van der Waals surface area contributed by atoms with E-state index in [0.29, 0.717) is 23.5 Å². The molecule has 1 aromatic rings. The summed E-state index contributed by atoms with van der Waals surface area (Å²) in [6, 6.07) is 5.15. The first kappa shape index (κ1) is 14.3. The molecule has 0 fully saturated rings. The summed E-state index contributed by atoms with van der Waals surface area (Å²) in [4.78, 5) is 11.1. The van der Waals surface area contributed by atoms with Crippen molar-refractivity contribution in [3.8, 4) is 11.5 Å². The third-order valence-electron chi connectivity index (χ3n) is 2.57. The predicted octanol–water partition coefficient (Wildman–Crippen LogP) is 1.26. The van der Waals surface area contributed by atoms with Crippen LogP contribution in [-0.2, 0) is 4.79 Å². The Bertz CT molecular complexity index is 384. The lowest BCUT2D eigenvalue weighted by Crippen LogP contribution is -2.27. The second-order valence-electron chi connectivity index (χ2n) is 3.82. The van der Waals surface area contributed by atoms with Gasteiger partial charge in [-0.25, -0.2) is 0 Å². The minimum Gasteiger partial charge on any atom is -0.497 e. The van der Waals surface area contributed by atoms with Crippen LogP contribution in [0.4, 0.5) is 0 Å². The Kier molecular flexibility index (Phi) is 5.45. The highest BCUT2D eigenvalue weighted by Gasteiger charge is 2.11. The van der Waals surface area contributed by atoms with E-state index in [1.165, 1.54) is 0 Å². The van der Waals surface area contributed by atoms with Crippen molar-refractivity contribution in [1.82, 2.24) is 5.32 Å². The molecule has 1 amide bonds. The van der Waals surface area contributed by atoms with Crippen LogP contribution in [0.3, 0.4) is 0 Å². The van der Waals surface area contributed by atoms with E-state index in [2.05, 4.69) is 5.32 Å². The summed E-state index contributed by atoms with van der Waals surface area (Å²) in [5.74, 6) is 1.11. The molecule has 2 N–H and O–H groups in total. The summed E-state index contributed by atoms with van der Waals surface area (Å²) in [5.41, 5.74) is 0.641. The van der Waals surface area contributed by atoms with E-state index in [9.17, 15) is 9.90 Å². The molecule has 0 saturated heterocycles. The van der Waals surface area contributed by atoms with E-state index < -0.39 is 6.10 Å². The molecule has 0 aromatic heterocycles. The molecule has 0 aliphatic rings. The molecule has 0 radical (unpaired) electrons. The molecule has 100 valence electrons. The number of carbonyl (C=O) groups excluding carboxylic acids is 1. The van der Waals surface area contributed by atoms with Crippen LogP contribution in [0.25, 0.3) is 0 Å². The predicted molar refractivity (Wildman–Crippen MR) is 67.8 cm³/mol. The van der Waals surface area contributed by atoms with Crippen LogP contribution < -0.4 is 14.8 Å². The van der Waals surface area contributed by atoms with E-state index in [-0.39, 0.29) is 12.5 Å². The molecule has 18 heavy (non-hydrogen) atoms. The lowest BCUT2D eigenvalue weighted by atomic mass is 10.1. The summed E-state index contributed by atoms with van der Waals surface area (Å²) in [6.07, 6.45) is -0.391. The fourth-order valence-corrected chi connectivity index (χ4v) is 1.48. The minimum absolute atomic E-state index is 0.0936. The van der Waals surface area contributed by atoms with Crippen molar-refractivity contribution in [1.29, 1.82) is 0 Å². The highest BCUT2D eigenvalue weighted by molar-refractivity contribution is 5.75. The van der Waals surface area contributed by atoms with Gasteiger partial charge in [-0.3, -0.25) is 4.79 Å². The molecular formula is C13H19NO4. The molecule has 0 bridgehead atoms. The van der Waals surface area contributed by atoms with Gasteiger partial charge in [0.05, 0.1) is 20.3 Å². The van der Waals surface area contributed by atoms with E-state index in [4.69, 9.17) is 9.47 Å². The number of benzene rings is 1. The average molecular weight is 253 g/mol. The summed E-state index contributed by atoms with van der Waals surface area (Å²) in [5, 5.41) is 12.6. The zero-order valence-electron chi connectivity index (χ0n) is 10.9. The molecule has 1 rings (SSSR count). The third-order valence-corrected chi connectivity index (χ3v) is 2.57. The summed E-state index contributed by atoms with van der Waals surface area (Å²) < 4.78 is 10.2. The molecule has 0 saturated carbocycles. The SMILES string of the molecule is CCC(=O)NCC(O)c1cc(OC)cc(OC)c1. The Morgan fingerprint density at radius 3 is 2.28 bits per heavy atom. The molecule has 1 aromatic carbocycles. The highest BCUT2D eigenvalue weighted by Crippen LogP contribution is 2.26. The van der Waals surface area contributed by atoms with Gasteiger partial charge in [-0.1, -0.05) is 6.92 Å². The van der Waals surface area contributed by atoms with Gasteiger partial charge in [0, 0.05) is 19.0 Å². The monoisotopic (exact) mass is 253 g/mol. The average Bonchev–Trinajstić information content (AvgIpc) is 2.43. The summed E-state index contributed by atoms with van der Waals surface area (Å²) in [7, 11) is 3.09. The molecule has 0 aliphatic carbocycles. The van der Waals surface area contributed by atoms with Crippen LogP contribution in [-0.4, -0.2) is 31.8 Å². The number of methoxy groups -OCH3 is 2. The zero-order valence-corrected chi connectivity index (χ0v) is 10.9. The first-order valence-electron chi connectivity index (χ1n) is 5.78. The first-order chi connectivity index (χ1) is 8.60.